The Balaban J connectivity index is 1.22. The number of aryl methyl sites for hydroxylation is 1. The lowest BCUT2D eigenvalue weighted by atomic mass is 9.76. The van der Waals surface area contributed by atoms with Crippen LogP contribution in [0.5, 0.6) is 17.2 Å². The molecule has 0 aliphatic carbocycles. The van der Waals surface area contributed by atoms with Gasteiger partial charge in [0, 0.05) is 93.5 Å². The summed E-state index contributed by atoms with van der Waals surface area (Å²) in [5.41, 5.74) is 0.418. The number of benzene rings is 2. The number of fused-ring (bicyclic) bond motifs is 5. The van der Waals surface area contributed by atoms with Crippen LogP contribution in [0.25, 0.3) is 10.8 Å². The number of methoxy groups -OCH3 is 1. The summed E-state index contributed by atoms with van der Waals surface area (Å²) >= 11 is 0. The van der Waals surface area contributed by atoms with Gasteiger partial charge in [0.05, 0.1) is 46.4 Å². The number of phenolic OH excluding ortho intramolecular Hbond substituents is 2. The van der Waals surface area contributed by atoms with Gasteiger partial charge in [-0.25, -0.2) is 4.79 Å². The molecule has 3 aromatic rings. The Morgan fingerprint density at radius 2 is 1.67 bits per heavy atom. The first-order valence-corrected chi connectivity index (χ1v) is 24.9. The minimum absolute atomic E-state index is 0.0180. The van der Waals surface area contributed by atoms with Gasteiger partial charge in [0.25, 0.3) is 5.78 Å². The number of hydrogen-bond acceptors (Lipinski definition) is 15. The third-order valence-electron chi connectivity index (χ3n) is 14.3. The summed E-state index contributed by atoms with van der Waals surface area (Å²) in [4.78, 5) is 58.8. The number of piperidine rings is 1. The molecule has 16 nitrogen and oxygen atoms in total. The van der Waals surface area contributed by atoms with Gasteiger partial charge in [-0.2, -0.15) is 0 Å². The number of ketones is 1. The topological polar surface area (TPSA) is 200 Å². The van der Waals surface area contributed by atoms with Crippen LogP contribution in [0.1, 0.15) is 141 Å². The highest BCUT2D eigenvalue weighted by Crippen LogP contribution is 2.50. The van der Waals surface area contributed by atoms with Crippen molar-refractivity contribution in [3.05, 3.63) is 63.8 Å². The van der Waals surface area contributed by atoms with Gasteiger partial charge in [0.15, 0.2) is 17.2 Å². The first kappa shape index (κ1) is 52.7. The van der Waals surface area contributed by atoms with Crippen LogP contribution in [0, 0.1) is 42.9 Å². The van der Waals surface area contributed by atoms with Crippen molar-refractivity contribution in [3.8, 4) is 17.2 Å². The molecule has 3 N–H and O–H groups in total. The molecule has 0 saturated carbocycles. The van der Waals surface area contributed by atoms with Gasteiger partial charge in [0.2, 0.25) is 5.91 Å². The van der Waals surface area contributed by atoms with Gasteiger partial charge in [0.1, 0.15) is 28.6 Å². The van der Waals surface area contributed by atoms with Crippen molar-refractivity contribution in [1.82, 2.24) is 9.88 Å². The lowest BCUT2D eigenvalue weighted by molar-refractivity contribution is -0.334. The average molecular weight is 970 g/mol. The third-order valence-corrected chi connectivity index (χ3v) is 14.3. The highest BCUT2D eigenvalue weighted by molar-refractivity contribution is 6.19. The fourth-order valence-electron chi connectivity index (χ4n) is 10.6. The quantitative estimate of drug-likeness (QED) is 0.0748. The number of pyridine rings is 1. The van der Waals surface area contributed by atoms with E-state index in [1.54, 1.807) is 39.2 Å². The molecule has 1 spiro atoms. The average Bonchev–Trinajstić information content (AvgIpc) is 3.79. The van der Waals surface area contributed by atoms with Gasteiger partial charge < -0.3 is 48.9 Å². The van der Waals surface area contributed by atoms with E-state index in [2.05, 4.69) is 56.7 Å². The summed E-state index contributed by atoms with van der Waals surface area (Å²) in [6.07, 6.45) is 4.57. The summed E-state index contributed by atoms with van der Waals surface area (Å²) in [7, 11) is 1.54. The number of rotatable bonds is 15. The van der Waals surface area contributed by atoms with E-state index >= 15 is 0 Å². The number of ether oxygens (including phenoxy) is 6. The number of carbonyl (C=O) groups is 3. The molecule has 0 unspecified atom stereocenters. The SMILES string of the molecule is CCC(=O)Nc1c(O)c2c(O)c(C)c3c(c2c2c1=NC1(CCN(CC(C)C)CC1)N=2)C(=O)[C@@](C)(O/C=C/[C@H](OC)[C@@H](C)[C@@H](OC(=O)c1ccc(C)nc1)[C@H](C)[C@@H]1OC(C)(C)O[C@@H](CC(C)(C)C)[C@H]1C)O3. The number of nitrogens with one attached hydrogen (secondary N) is 1. The number of amides is 1. The predicted octanol–water partition coefficient (Wildman–Crippen LogP) is 8.24. The Bertz CT molecular complexity index is 2650. The number of phenols is 2. The van der Waals surface area contributed by atoms with Crippen molar-refractivity contribution in [1.29, 1.82) is 0 Å². The molecule has 1 amide bonds. The van der Waals surface area contributed by atoms with Crippen molar-refractivity contribution < 1.29 is 53.0 Å². The van der Waals surface area contributed by atoms with E-state index in [0.29, 0.717) is 24.3 Å². The Labute approximate surface area is 412 Å². The molecule has 7 rings (SSSR count). The van der Waals surface area contributed by atoms with Crippen molar-refractivity contribution in [2.45, 2.75) is 164 Å². The second-order valence-electron chi connectivity index (χ2n) is 22.2. The van der Waals surface area contributed by atoms with E-state index in [1.807, 2.05) is 34.6 Å². The Morgan fingerprint density at radius 1 is 1.00 bits per heavy atom. The van der Waals surface area contributed by atoms with Crippen molar-refractivity contribution in [2.75, 3.05) is 32.1 Å². The summed E-state index contributed by atoms with van der Waals surface area (Å²) in [5.74, 6) is -5.49. The molecule has 4 aliphatic heterocycles. The molecule has 2 fully saturated rings. The predicted molar refractivity (Wildman–Crippen MR) is 264 cm³/mol. The number of carbonyl (C=O) groups excluding carboxylic acids is 3. The molecule has 2 saturated heterocycles. The van der Waals surface area contributed by atoms with Crippen molar-refractivity contribution in [2.24, 2.45) is 39.1 Å². The normalized spacial score (nSPS) is 24.6. The molecule has 2 aromatic carbocycles. The van der Waals surface area contributed by atoms with Crippen LogP contribution < -0.4 is 20.8 Å². The Morgan fingerprint density at radius 3 is 2.27 bits per heavy atom. The summed E-state index contributed by atoms with van der Waals surface area (Å²) < 4.78 is 38.4. The van der Waals surface area contributed by atoms with E-state index in [9.17, 15) is 24.6 Å². The van der Waals surface area contributed by atoms with E-state index in [4.69, 9.17) is 38.4 Å². The van der Waals surface area contributed by atoms with Crippen molar-refractivity contribution in [3.63, 3.8) is 0 Å². The van der Waals surface area contributed by atoms with Gasteiger partial charge in [-0.3, -0.25) is 24.6 Å². The first-order valence-electron chi connectivity index (χ1n) is 24.9. The minimum Gasteiger partial charge on any atom is -0.507 e. The number of anilines is 1. The molecule has 382 valence electrons. The highest BCUT2D eigenvalue weighted by atomic mass is 16.7. The Hall–Kier alpha value is -5.16. The van der Waals surface area contributed by atoms with Crippen LogP contribution in [-0.2, 0) is 28.5 Å². The number of esters is 1. The molecule has 5 heterocycles. The van der Waals surface area contributed by atoms with Gasteiger partial charge >= 0.3 is 11.8 Å². The van der Waals surface area contributed by atoms with E-state index in [0.717, 1.165) is 31.7 Å². The van der Waals surface area contributed by atoms with Gasteiger partial charge in [-0.05, 0) is 63.7 Å². The number of Topliss-reactive ketones (excluding diaryl/α,β-unsaturated/α-hetero) is 1. The van der Waals surface area contributed by atoms with Gasteiger partial charge in [-0.1, -0.05) is 62.3 Å². The zero-order valence-corrected chi connectivity index (χ0v) is 43.8. The van der Waals surface area contributed by atoms with E-state index in [-0.39, 0.29) is 91.6 Å². The van der Waals surface area contributed by atoms with Crippen LogP contribution >= 0.6 is 0 Å². The standard InChI is InChI=1S/C54H75N5O11/c1-16-37(60)56-43-42-41(57-54(58-42)20-22-59(23-21-54)27-28(2)3)38-39(45(43)62)44(61)32(7)48-40(38)49(63)53(14,70-48)66-24-19-35(65-15)30(5)46(67-50(64)34-18-17-29(4)55-26-34)33(8)47-31(6)36(25-51(9,10)11)68-52(12,13)69-47/h17-19,24,26,28,30-31,33,35-36,46-47,61-62H,16,20-23,25,27H2,1-15H3,(H,56,60)/b24-19+/t30-,31-,33+,35+,36+,46-,47-,53+/m1/s1. The number of aromatic nitrogens is 1. The lowest BCUT2D eigenvalue weighted by Crippen LogP contribution is -2.56. The number of hydrogen-bond donors (Lipinski definition) is 3. The molecule has 1 aromatic heterocycles. The second-order valence-corrected chi connectivity index (χ2v) is 22.2. The monoisotopic (exact) mass is 970 g/mol. The smallest absolute Gasteiger partial charge is 0.339 e. The first-order chi connectivity index (χ1) is 32.7. The molecule has 0 bridgehead atoms. The molecule has 70 heavy (non-hydrogen) atoms. The fourth-order valence-corrected chi connectivity index (χ4v) is 10.6. The van der Waals surface area contributed by atoms with E-state index in [1.165, 1.54) is 19.4 Å². The maximum atomic E-state index is 14.9. The number of nitrogens with zero attached hydrogens (tertiary/aromatic N) is 4. The molecule has 0 radical (unpaired) electrons. The zero-order valence-electron chi connectivity index (χ0n) is 43.8. The largest absolute Gasteiger partial charge is 0.507 e. The summed E-state index contributed by atoms with van der Waals surface area (Å²) in [5, 5.41) is 27.3. The molecule has 4 aliphatic rings. The van der Waals surface area contributed by atoms with Crippen LogP contribution in [-0.4, -0.2) is 106 Å². The molecular formula is C54H75N5O11. The molecule has 16 heteroatoms. The van der Waals surface area contributed by atoms with Crippen LogP contribution in [0.3, 0.4) is 0 Å². The van der Waals surface area contributed by atoms with E-state index < -0.39 is 52.9 Å². The lowest BCUT2D eigenvalue weighted by Gasteiger charge is -2.50. The Kier molecular flexibility index (Phi) is 14.9. The van der Waals surface area contributed by atoms with Crippen LogP contribution in [0.4, 0.5) is 5.69 Å². The maximum absolute atomic E-state index is 14.9. The van der Waals surface area contributed by atoms with Crippen molar-refractivity contribution >= 4 is 34.1 Å². The summed E-state index contributed by atoms with van der Waals surface area (Å²) in [6, 6.07) is 3.45. The minimum atomic E-state index is -1.95. The highest BCUT2D eigenvalue weighted by Gasteiger charge is 2.51. The molecular weight excluding hydrogens is 895 g/mol. The molecule has 8 atom stereocenters. The van der Waals surface area contributed by atoms with Crippen LogP contribution in [0.15, 0.2) is 40.7 Å². The summed E-state index contributed by atoms with van der Waals surface area (Å²) in [6.45, 7) is 29.8. The maximum Gasteiger partial charge on any atom is 0.339 e. The number of likely N-dealkylation sites (tertiary alicyclic amines) is 1. The second kappa shape index (κ2) is 19.8. The van der Waals surface area contributed by atoms with Gasteiger partial charge in [-0.15, -0.1) is 0 Å². The third kappa shape index (κ3) is 10.4. The fraction of sp³-hybridized carbons (Fsp3) is 0.630. The zero-order chi connectivity index (χ0) is 51.4. The van der Waals surface area contributed by atoms with Crippen LogP contribution in [0.2, 0.25) is 0 Å². The number of aromatic hydroxyl groups is 2.